The highest BCUT2D eigenvalue weighted by molar-refractivity contribution is 6.06. The summed E-state index contributed by atoms with van der Waals surface area (Å²) < 4.78 is 12.9. The molecule has 0 bridgehead atoms. The summed E-state index contributed by atoms with van der Waals surface area (Å²) in [5.41, 5.74) is 0.900. The van der Waals surface area contributed by atoms with E-state index in [-0.39, 0.29) is 5.56 Å². The fourth-order valence-electron chi connectivity index (χ4n) is 2.77. The first-order valence-corrected chi connectivity index (χ1v) is 6.57. The molecule has 3 aromatic rings. The van der Waals surface area contributed by atoms with Crippen LogP contribution in [0.2, 0.25) is 0 Å². The molecular formula is C16H13NO3. The molecule has 20 heavy (non-hydrogen) atoms. The van der Waals surface area contributed by atoms with E-state index in [2.05, 4.69) is 0 Å². The Kier molecular flexibility index (Phi) is 2.27. The minimum Gasteiger partial charge on any atom is -0.486 e. The van der Waals surface area contributed by atoms with E-state index < -0.39 is 0 Å². The van der Waals surface area contributed by atoms with Gasteiger partial charge in [-0.2, -0.15) is 0 Å². The van der Waals surface area contributed by atoms with E-state index in [0.717, 1.165) is 16.3 Å². The zero-order chi connectivity index (χ0) is 13.7. The van der Waals surface area contributed by atoms with Crippen LogP contribution in [-0.4, -0.2) is 17.8 Å². The molecule has 0 aliphatic carbocycles. The highest BCUT2D eigenvalue weighted by atomic mass is 16.6. The molecule has 1 aliphatic heterocycles. The number of hydrogen-bond acceptors (Lipinski definition) is 3. The molecule has 0 fully saturated rings. The first-order valence-electron chi connectivity index (χ1n) is 6.57. The van der Waals surface area contributed by atoms with Gasteiger partial charge >= 0.3 is 0 Å². The third-order valence-electron chi connectivity index (χ3n) is 3.77. The number of para-hydroxylation sites is 1. The first kappa shape index (κ1) is 11.3. The zero-order valence-corrected chi connectivity index (χ0v) is 11.1. The molecule has 0 radical (unpaired) electrons. The second-order valence-corrected chi connectivity index (χ2v) is 4.92. The maximum absolute atomic E-state index is 12.5. The van der Waals surface area contributed by atoms with Gasteiger partial charge in [0.15, 0.2) is 11.5 Å². The average molecular weight is 267 g/mol. The largest absolute Gasteiger partial charge is 0.486 e. The lowest BCUT2D eigenvalue weighted by Gasteiger charge is -2.19. The molecule has 0 amide bonds. The van der Waals surface area contributed by atoms with Gasteiger partial charge in [0.1, 0.15) is 13.2 Å². The molecule has 1 aliphatic rings. The summed E-state index contributed by atoms with van der Waals surface area (Å²) in [5, 5.41) is 2.62. The van der Waals surface area contributed by atoms with Crippen molar-refractivity contribution in [2.45, 2.75) is 0 Å². The summed E-state index contributed by atoms with van der Waals surface area (Å²) in [6.07, 6.45) is 0. The van der Waals surface area contributed by atoms with E-state index in [1.807, 2.05) is 30.3 Å². The fraction of sp³-hybridized carbons (Fsp3) is 0.188. The van der Waals surface area contributed by atoms with Crippen LogP contribution >= 0.6 is 0 Å². The molecule has 1 aromatic heterocycles. The van der Waals surface area contributed by atoms with E-state index >= 15 is 0 Å². The maximum Gasteiger partial charge on any atom is 0.258 e. The number of nitrogens with zero attached hydrogens (tertiary/aromatic N) is 1. The second-order valence-electron chi connectivity index (χ2n) is 4.92. The molecule has 4 heteroatoms. The van der Waals surface area contributed by atoms with Crippen molar-refractivity contribution in [1.29, 1.82) is 0 Å². The van der Waals surface area contributed by atoms with Crippen molar-refractivity contribution in [1.82, 2.24) is 4.57 Å². The van der Waals surface area contributed by atoms with Crippen LogP contribution in [0.5, 0.6) is 11.5 Å². The molecule has 4 rings (SSSR count). The summed E-state index contributed by atoms with van der Waals surface area (Å²) in [4.78, 5) is 12.5. The molecule has 2 aromatic carbocycles. The van der Waals surface area contributed by atoms with Crippen molar-refractivity contribution in [3.63, 3.8) is 0 Å². The van der Waals surface area contributed by atoms with Gasteiger partial charge in [0.25, 0.3) is 5.56 Å². The van der Waals surface area contributed by atoms with E-state index in [4.69, 9.17) is 9.47 Å². The van der Waals surface area contributed by atoms with Gasteiger partial charge in [-0.3, -0.25) is 4.79 Å². The normalized spacial score (nSPS) is 13.8. The van der Waals surface area contributed by atoms with Crippen molar-refractivity contribution < 1.29 is 9.47 Å². The zero-order valence-electron chi connectivity index (χ0n) is 11.1. The predicted molar refractivity (Wildman–Crippen MR) is 77.7 cm³/mol. The monoisotopic (exact) mass is 267 g/mol. The van der Waals surface area contributed by atoms with Crippen molar-refractivity contribution >= 4 is 21.7 Å². The quantitative estimate of drug-likeness (QED) is 0.587. The van der Waals surface area contributed by atoms with Gasteiger partial charge in [0.2, 0.25) is 0 Å². The summed E-state index contributed by atoms with van der Waals surface area (Å²) >= 11 is 0. The Bertz CT molecular complexity index is 895. The van der Waals surface area contributed by atoms with Gasteiger partial charge in [0.05, 0.1) is 10.9 Å². The summed E-state index contributed by atoms with van der Waals surface area (Å²) in [5.74, 6) is 1.36. The average Bonchev–Trinajstić information content (AvgIpc) is 2.51. The van der Waals surface area contributed by atoms with E-state index in [0.29, 0.717) is 30.1 Å². The minimum absolute atomic E-state index is 0.0179. The molecule has 0 saturated carbocycles. The molecule has 0 unspecified atom stereocenters. The Morgan fingerprint density at radius 1 is 0.950 bits per heavy atom. The van der Waals surface area contributed by atoms with Crippen LogP contribution < -0.4 is 15.0 Å². The van der Waals surface area contributed by atoms with E-state index in [1.54, 1.807) is 17.7 Å². The number of rotatable bonds is 0. The molecule has 0 N–H and O–H groups in total. The fourth-order valence-corrected chi connectivity index (χ4v) is 2.77. The van der Waals surface area contributed by atoms with Crippen LogP contribution in [0.25, 0.3) is 21.7 Å². The van der Waals surface area contributed by atoms with Gasteiger partial charge in [-0.25, -0.2) is 0 Å². The van der Waals surface area contributed by atoms with Gasteiger partial charge in [-0.1, -0.05) is 18.2 Å². The minimum atomic E-state index is -0.0179. The van der Waals surface area contributed by atoms with Crippen LogP contribution in [0.3, 0.4) is 0 Å². The number of aryl methyl sites for hydroxylation is 1. The maximum atomic E-state index is 12.5. The van der Waals surface area contributed by atoms with Crippen LogP contribution in [0, 0.1) is 0 Å². The van der Waals surface area contributed by atoms with Crippen molar-refractivity contribution in [3.05, 3.63) is 46.8 Å². The second kappa shape index (κ2) is 4.00. The highest BCUT2D eigenvalue weighted by Crippen LogP contribution is 2.35. The topological polar surface area (TPSA) is 40.5 Å². The number of pyridine rings is 1. The Morgan fingerprint density at radius 2 is 1.60 bits per heavy atom. The Hall–Kier alpha value is -2.49. The summed E-state index contributed by atoms with van der Waals surface area (Å²) in [7, 11) is 1.79. The SMILES string of the molecule is Cn1c(=O)c2cc3c(cc2c2ccccc21)OCCO3. The standard InChI is InChI=1S/C16H13NO3/c1-17-13-5-3-2-4-10(13)11-8-14-15(20-7-6-19-14)9-12(11)16(17)18/h2-5,8-9H,6-7H2,1H3. The summed E-state index contributed by atoms with van der Waals surface area (Å²) in [6.45, 7) is 1.06. The Morgan fingerprint density at radius 3 is 2.35 bits per heavy atom. The van der Waals surface area contributed by atoms with Gasteiger partial charge in [0, 0.05) is 17.8 Å². The van der Waals surface area contributed by atoms with Crippen molar-refractivity contribution in [2.75, 3.05) is 13.2 Å². The van der Waals surface area contributed by atoms with Gasteiger partial charge in [-0.15, -0.1) is 0 Å². The molecule has 0 saturated heterocycles. The Labute approximate surface area is 115 Å². The Balaban J connectivity index is 2.23. The number of aromatic nitrogens is 1. The number of benzene rings is 2. The third-order valence-corrected chi connectivity index (χ3v) is 3.77. The molecule has 0 spiro atoms. The van der Waals surface area contributed by atoms with Gasteiger partial charge in [-0.05, 0) is 18.2 Å². The molecular weight excluding hydrogens is 254 g/mol. The third kappa shape index (κ3) is 1.45. The molecule has 100 valence electrons. The van der Waals surface area contributed by atoms with Gasteiger partial charge < -0.3 is 14.0 Å². The molecule has 4 nitrogen and oxygen atoms in total. The lowest BCUT2D eigenvalue weighted by Crippen LogP contribution is -2.19. The van der Waals surface area contributed by atoms with E-state index in [1.165, 1.54) is 0 Å². The highest BCUT2D eigenvalue weighted by Gasteiger charge is 2.16. The molecule has 2 heterocycles. The smallest absolute Gasteiger partial charge is 0.258 e. The predicted octanol–water partition coefficient (Wildman–Crippen LogP) is 2.46. The first-order chi connectivity index (χ1) is 9.75. The van der Waals surface area contributed by atoms with Crippen molar-refractivity contribution in [2.24, 2.45) is 7.05 Å². The number of fused-ring (bicyclic) bond motifs is 4. The number of hydrogen-bond donors (Lipinski definition) is 0. The van der Waals surface area contributed by atoms with Crippen molar-refractivity contribution in [3.8, 4) is 11.5 Å². The van der Waals surface area contributed by atoms with Crippen LogP contribution in [0.1, 0.15) is 0 Å². The lowest BCUT2D eigenvalue weighted by molar-refractivity contribution is 0.172. The number of ether oxygens (including phenoxy) is 2. The van der Waals surface area contributed by atoms with Crippen LogP contribution in [-0.2, 0) is 7.05 Å². The lowest BCUT2D eigenvalue weighted by atomic mass is 10.0. The van der Waals surface area contributed by atoms with Crippen LogP contribution in [0.15, 0.2) is 41.2 Å². The van der Waals surface area contributed by atoms with E-state index in [9.17, 15) is 4.79 Å². The summed E-state index contributed by atoms with van der Waals surface area (Å²) in [6, 6.07) is 11.6. The molecule has 0 atom stereocenters. The van der Waals surface area contributed by atoms with Crippen LogP contribution in [0.4, 0.5) is 0 Å².